The second-order valence-corrected chi connectivity index (χ2v) is 10.5. The van der Waals surface area contributed by atoms with Crippen LogP contribution in [0.15, 0.2) is 40.4 Å². The summed E-state index contributed by atoms with van der Waals surface area (Å²) in [6, 6.07) is 4.95. The number of nitrogens with one attached hydrogen (secondary N) is 1. The lowest BCUT2D eigenvalue weighted by Crippen LogP contribution is -2.49. The van der Waals surface area contributed by atoms with Crippen molar-refractivity contribution in [2.75, 3.05) is 59.5 Å². The predicted octanol–water partition coefficient (Wildman–Crippen LogP) is 2.68. The van der Waals surface area contributed by atoms with Crippen LogP contribution < -0.4 is 10.2 Å². The summed E-state index contributed by atoms with van der Waals surface area (Å²) in [4.78, 5) is 6.74. The van der Waals surface area contributed by atoms with E-state index in [0.717, 1.165) is 37.9 Å². The molecule has 0 unspecified atom stereocenters. The number of amidine groups is 1. The predicted molar refractivity (Wildman–Crippen MR) is 141 cm³/mol. The second kappa shape index (κ2) is 14.4. The fraction of sp³-hybridized carbons (Fsp3) is 0.640. The number of ether oxygens (including phenoxy) is 1. The molecule has 2 rings (SSSR count). The van der Waals surface area contributed by atoms with Gasteiger partial charge in [-0.05, 0) is 38.0 Å². The van der Waals surface area contributed by atoms with Crippen molar-refractivity contribution in [2.45, 2.75) is 51.3 Å². The van der Waals surface area contributed by atoms with Gasteiger partial charge in [-0.25, -0.2) is 8.42 Å². The van der Waals surface area contributed by atoms with Crippen LogP contribution in [0, 0.1) is 0 Å². The molecule has 0 spiro atoms. The first kappa shape index (κ1) is 29.1. The van der Waals surface area contributed by atoms with Gasteiger partial charge in [0, 0.05) is 52.0 Å². The molecule has 2 N–H and O–H groups in total. The van der Waals surface area contributed by atoms with E-state index in [2.05, 4.69) is 35.7 Å². The number of aliphatic hydroxyl groups excluding tert-OH is 1. The van der Waals surface area contributed by atoms with Gasteiger partial charge in [-0.3, -0.25) is 20.3 Å². The standard InChI is InChI=1S/C25H43N5O4S/c1-6-9-13-30(21(4)10-7-2)27-25(26-5)23-20-22(11-12-24(23)34-8-3)35(32,33)29-16-14-28(15-17-29)18-19-31/h11-12,20,31H,4,6-10,13-19H2,1-3,5H3,(H,26,27). The number of benzene rings is 1. The van der Waals surface area contributed by atoms with Crippen molar-refractivity contribution in [3.63, 3.8) is 0 Å². The van der Waals surface area contributed by atoms with E-state index >= 15 is 0 Å². The third-order valence-corrected chi connectivity index (χ3v) is 7.91. The molecule has 198 valence electrons. The van der Waals surface area contributed by atoms with Gasteiger partial charge in [0.05, 0.1) is 23.7 Å². The van der Waals surface area contributed by atoms with E-state index in [0.29, 0.717) is 56.5 Å². The van der Waals surface area contributed by atoms with Crippen molar-refractivity contribution in [1.82, 2.24) is 19.6 Å². The molecule has 1 saturated heterocycles. The zero-order valence-corrected chi connectivity index (χ0v) is 22.6. The van der Waals surface area contributed by atoms with Crippen molar-refractivity contribution in [3.05, 3.63) is 36.0 Å². The molecule has 0 amide bonds. The normalized spacial score (nSPS) is 15.7. The molecule has 1 fully saturated rings. The van der Waals surface area contributed by atoms with Crippen LogP contribution in [0.5, 0.6) is 5.75 Å². The molecule has 0 aromatic heterocycles. The molecule has 1 aromatic carbocycles. The van der Waals surface area contributed by atoms with Crippen molar-refractivity contribution >= 4 is 15.9 Å². The molecule has 0 saturated carbocycles. The van der Waals surface area contributed by atoms with Crippen molar-refractivity contribution in [1.29, 1.82) is 0 Å². The van der Waals surface area contributed by atoms with E-state index in [4.69, 9.17) is 9.84 Å². The fourth-order valence-corrected chi connectivity index (χ4v) is 5.46. The number of unbranched alkanes of at least 4 members (excludes halogenated alkanes) is 1. The van der Waals surface area contributed by atoms with Gasteiger partial charge < -0.3 is 9.84 Å². The van der Waals surface area contributed by atoms with Gasteiger partial charge in [-0.1, -0.05) is 33.3 Å². The molecule has 0 atom stereocenters. The lowest BCUT2D eigenvalue weighted by molar-refractivity contribution is 0.151. The zero-order valence-electron chi connectivity index (χ0n) is 21.8. The number of rotatable bonds is 14. The number of hydrazine groups is 1. The molecule has 10 heteroatoms. The maximum Gasteiger partial charge on any atom is 0.243 e. The average molecular weight is 510 g/mol. The van der Waals surface area contributed by atoms with Crippen LogP contribution in [0.3, 0.4) is 0 Å². The average Bonchev–Trinajstić information content (AvgIpc) is 2.85. The number of hydrogen-bond acceptors (Lipinski definition) is 7. The first-order chi connectivity index (χ1) is 16.8. The minimum atomic E-state index is -3.69. The van der Waals surface area contributed by atoms with Crippen molar-refractivity contribution in [2.24, 2.45) is 4.99 Å². The molecule has 35 heavy (non-hydrogen) atoms. The van der Waals surface area contributed by atoms with Crippen LogP contribution in [-0.4, -0.2) is 93.1 Å². The van der Waals surface area contributed by atoms with E-state index in [1.807, 2.05) is 11.9 Å². The monoisotopic (exact) mass is 509 g/mol. The van der Waals surface area contributed by atoms with E-state index < -0.39 is 10.0 Å². The highest BCUT2D eigenvalue weighted by atomic mass is 32.2. The number of piperazine rings is 1. The molecule has 0 radical (unpaired) electrons. The van der Waals surface area contributed by atoms with E-state index in [1.165, 1.54) is 4.31 Å². The summed E-state index contributed by atoms with van der Waals surface area (Å²) in [5.74, 6) is 1.11. The van der Waals surface area contributed by atoms with Gasteiger partial charge >= 0.3 is 0 Å². The largest absolute Gasteiger partial charge is 0.493 e. The fourth-order valence-electron chi connectivity index (χ4n) is 4.01. The smallest absolute Gasteiger partial charge is 0.243 e. The van der Waals surface area contributed by atoms with Crippen LogP contribution in [0.4, 0.5) is 0 Å². The number of aliphatic hydroxyl groups is 1. The van der Waals surface area contributed by atoms with Gasteiger partial charge in [0.15, 0.2) is 5.84 Å². The first-order valence-electron chi connectivity index (χ1n) is 12.6. The maximum absolute atomic E-state index is 13.5. The van der Waals surface area contributed by atoms with Crippen LogP contribution in [0.25, 0.3) is 0 Å². The van der Waals surface area contributed by atoms with Gasteiger partial charge in [0.25, 0.3) is 0 Å². The Labute approximate surface area is 211 Å². The highest BCUT2D eigenvalue weighted by molar-refractivity contribution is 7.89. The number of allylic oxidation sites excluding steroid dienone is 1. The lowest BCUT2D eigenvalue weighted by atomic mass is 10.1. The minimum Gasteiger partial charge on any atom is -0.493 e. The Morgan fingerprint density at radius 3 is 2.49 bits per heavy atom. The van der Waals surface area contributed by atoms with E-state index in [-0.39, 0.29) is 11.5 Å². The Morgan fingerprint density at radius 2 is 1.91 bits per heavy atom. The quantitative estimate of drug-likeness (QED) is 0.226. The summed E-state index contributed by atoms with van der Waals surface area (Å²) < 4.78 is 34.3. The summed E-state index contributed by atoms with van der Waals surface area (Å²) in [5, 5.41) is 11.2. The van der Waals surface area contributed by atoms with Gasteiger partial charge in [-0.2, -0.15) is 4.31 Å². The highest BCUT2D eigenvalue weighted by Crippen LogP contribution is 2.26. The molecule has 0 aliphatic carbocycles. The summed E-state index contributed by atoms with van der Waals surface area (Å²) in [6.07, 6.45) is 3.86. The zero-order chi connectivity index (χ0) is 25.8. The molecule has 0 bridgehead atoms. The summed E-state index contributed by atoms with van der Waals surface area (Å²) in [7, 11) is -2.01. The number of sulfonamides is 1. The van der Waals surface area contributed by atoms with Gasteiger partial charge in [0.2, 0.25) is 10.0 Å². The van der Waals surface area contributed by atoms with E-state index in [9.17, 15) is 8.42 Å². The third kappa shape index (κ3) is 7.93. The topological polar surface area (TPSA) is 97.7 Å². The minimum absolute atomic E-state index is 0.0705. The molecule has 1 aromatic rings. The van der Waals surface area contributed by atoms with Crippen LogP contribution in [-0.2, 0) is 10.0 Å². The lowest BCUT2D eigenvalue weighted by Gasteiger charge is -2.33. The Balaban J connectivity index is 2.36. The number of β-amino-alcohol motifs (C(OH)–C–C–N with tert-alkyl or cyclic N) is 1. The number of nitrogens with zero attached hydrogens (tertiary/aromatic N) is 4. The Bertz CT molecular complexity index is 943. The summed E-state index contributed by atoms with van der Waals surface area (Å²) in [6.45, 7) is 14.2. The summed E-state index contributed by atoms with van der Waals surface area (Å²) in [5.41, 5.74) is 4.94. The molecule has 1 aliphatic heterocycles. The Hall–Kier alpha value is -2.14. The van der Waals surface area contributed by atoms with Gasteiger partial charge in [-0.15, -0.1) is 0 Å². The summed E-state index contributed by atoms with van der Waals surface area (Å²) >= 11 is 0. The van der Waals surface area contributed by atoms with Crippen molar-refractivity contribution in [3.8, 4) is 5.75 Å². The maximum atomic E-state index is 13.5. The van der Waals surface area contributed by atoms with E-state index in [1.54, 1.807) is 25.2 Å². The molecular weight excluding hydrogens is 466 g/mol. The molecule has 1 aliphatic rings. The van der Waals surface area contributed by atoms with Crippen LogP contribution in [0.2, 0.25) is 0 Å². The van der Waals surface area contributed by atoms with Crippen molar-refractivity contribution < 1.29 is 18.3 Å². The van der Waals surface area contributed by atoms with Gasteiger partial charge in [0.1, 0.15) is 5.75 Å². The first-order valence-corrected chi connectivity index (χ1v) is 14.1. The Morgan fingerprint density at radius 1 is 1.20 bits per heavy atom. The molecular formula is C25H43N5O4S. The highest BCUT2D eigenvalue weighted by Gasteiger charge is 2.29. The number of aliphatic imine (C=N–C) groups is 1. The third-order valence-electron chi connectivity index (χ3n) is 6.01. The molecule has 1 heterocycles. The second-order valence-electron chi connectivity index (χ2n) is 8.57. The van der Waals surface area contributed by atoms with Crippen LogP contribution >= 0.6 is 0 Å². The SMILES string of the molecule is C=C(CCC)N(CCCC)NC(=NC)c1cc(S(=O)(=O)N2CCN(CCO)CC2)ccc1OCC. The van der Waals surface area contributed by atoms with Crippen LogP contribution in [0.1, 0.15) is 52.0 Å². The Kier molecular flexibility index (Phi) is 12.0. The molecule has 9 nitrogen and oxygen atoms in total. The number of hydrogen-bond donors (Lipinski definition) is 2.